The third kappa shape index (κ3) is 1.61. The first kappa shape index (κ1) is 8.85. The van der Waals surface area contributed by atoms with Crippen molar-refractivity contribution in [2.45, 2.75) is 18.8 Å². The van der Waals surface area contributed by atoms with E-state index in [0.29, 0.717) is 5.92 Å². The Bertz CT molecular complexity index is 474. The summed E-state index contributed by atoms with van der Waals surface area (Å²) in [7, 11) is 0. The molecule has 3 nitrogen and oxygen atoms in total. The van der Waals surface area contributed by atoms with Gasteiger partial charge in [-0.2, -0.15) is 0 Å². The maximum atomic E-state index is 5.97. The van der Waals surface area contributed by atoms with Gasteiger partial charge in [0.2, 0.25) is 0 Å². The van der Waals surface area contributed by atoms with E-state index >= 15 is 0 Å². The smallest absolute Gasteiger partial charge is 0.114 e. The Hall–Kier alpha value is -1.42. The third-order valence-corrected chi connectivity index (χ3v) is 3.58. The molecule has 2 aromatic heterocycles. The highest BCUT2D eigenvalue weighted by Gasteiger charge is 2.28. The second-order valence-corrected chi connectivity index (χ2v) is 4.84. The lowest BCUT2D eigenvalue weighted by Crippen LogP contribution is -1.86. The molecule has 1 fully saturated rings. The number of hydrogen-bond acceptors (Lipinski definition) is 4. The van der Waals surface area contributed by atoms with Crippen LogP contribution in [0.2, 0.25) is 0 Å². The fourth-order valence-corrected chi connectivity index (χ4v) is 2.59. The van der Waals surface area contributed by atoms with Crippen LogP contribution in [-0.4, -0.2) is 9.97 Å². The molecule has 0 bridgehead atoms. The maximum Gasteiger partial charge on any atom is 0.114 e. The molecule has 2 heterocycles. The van der Waals surface area contributed by atoms with Crippen LogP contribution in [0.5, 0.6) is 0 Å². The molecule has 1 saturated carbocycles. The normalized spacial score (nSPS) is 15.5. The van der Waals surface area contributed by atoms with Gasteiger partial charge in [0.15, 0.2) is 0 Å². The van der Waals surface area contributed by atoms with E-state index in [1.54, 1.807) is 17.5 Å². The van der Waals surface area contributed by atoms with Gasteiger partial charge in [-0.3, -0.25) is 4.98 Å². The van der Waals surface area contributed by atoms with E-state index in [-0.39, 0.29) is 0 Å². The van der Waals surface area contributed by atoms with Gasteiger partial charge < -0.3 is 5.73 Å². The van der Waals surface area contributed by atoms with E-state index in [9.17, 15) is 0 Å². The van der Waals surface area contributed by atoms with Crippen molar-refractivity contribution >= 4 is 16.3 Å². The second-order valence-electron chi connectivity index (χ2n) is 3.78. The molecule has 0 aliphatic heterocycles. The molecule has 2 aromatic rings. The number of rotatable bonds is 2. The second kappa shape index (κ2) is 3.31. The van der Waals surface area contributed by atoms with Crippen molar-refractivity contribution in [3.63, 3.8) is 0 Å². The topological polar surface area (TPSA) is 51.8 Å². The highest BCUT2D eigenvalue weighted by molar-refractivity contribution is 7.16. The highest BCUT2D eigenvalue weighted by Crippen LogP contribution is 2.44. The molecule has 76 valence electrons. The Morgan fingerprint density at radius 3 is 2.93 bits per heavy atom. The fourth-order valence-electron chi connectivity index (χ4n) is 1.56. The molecule has 0 radical (unpaired) electrons. The summed E-state index contributed by atoms with van der Waals surface area (Å²) >= 11 is 1.62. The zero-order chi connectivity index (χ0) is 10.3. The summed E-state index contributed by atoms with van der Waals surface area (Å²) in [5.41, 5.74) is 7.88. The van der Waals surface area contributed by atoms with Gasteiger partial charge in [0, 0.05) is 23.9 Å². The summed E-state index contributed by atoms with van der Waals surface area (Å²) in [6, 6.07) is 3.90. The first-order valence-electron chi connectivity index (χ1n) is 5.01. The molecule has 2 N–H and O–H groups in total. The molecule has 0 unspecified atom stereocenters. The van der Waals surface area contributed by atoms with Gasteiger partial charge in [0.25, 0.3) is 0 Å². The van der Waals surface area contributed by atoms with Crippen LogP contribution in [0, 0.1) is 0 Å². The van der Waals surface area contributed by atoms with Crippen LogP contribution in [0.4, 0.5) is 5.00 Å². The Morgan fingerprint density at radius 1 is 1.40 bits per heavy atom. The predicted molar refractivity (Wildman–Crippen MR) is 61.7 cm³/mol. The molecule has 4 heteroatoms. The zero-order valence-corrected chi connectivity index (χ0v) is 9.00. The monoisotopic (exact) mass is 217 g/mol. The molecule has 0 spiro atoms. The van der Waals surface area contributed by atoms with Gasteiger partial charge in [-0.1, -0.05) is 0 Å². The van der Waals surface area contributed by atoms with Crippen LogP contribution in [0.15, 0.2) is 24.5 Å². The average Bonchev–Trinajstić information content (AvgIpc) is 3.04. The van der Waals surface area contributed by atoms with Crippen LogP contribution in [0.1, 0.15) is 23.8 Å². The van der Waals surface area contributed by atoms with Gasteiger partial charge in [-0.15, -0.1) is 11.3 Å². The number of nitrogens with two attached hydrogens (primary N) is 1. The fraction of sp³-hybridized carbons (Fsp3) is 0.273. The van der Waals surface area contributed by atoms with E-state index in [0.717, 1.165) is 16.3 Å². The van der Waals surface area contributed by atoms with Crippen LogP contribution < -0.4 is 5.73 Å². The number of hydrogen-bond donors (Lipinski definition) is 1. The van der Waals surface area contributed by atoms with E-state index in [2.05, 4.69) is 9.97 Å². The third-order valence-electron chi connectivity index (χ3n) is 2.53. The van der Waals surface area contributed by atoms with Crippen LogP contribution >= 0.6 is 11.3 Å². The lowest BCUT2D eigenvalue weighted by atomic mass is 10.2. The summed E-state index contributed by atoms with van der Waals surface area (Å²) in [6.45, 7) is 0. The van der Waals surface area contributed by atoms with Crippen molar-refractivity contribution in [1.29, 1.82) is 0 Å². The molecular weight excluding hydrogens is 206 g/mol. The summed E-state index contributed by atoms with van der Waals surface area (Å²) in [4.78, 5) is 8.68. The Morgan fingerprint density at radius 2 is 2.27 bits per heavy atom. The van der Waals surface area contributed by atoms with Gasteiger partial charge in [0.1, 0.15) is 10.7 Å². The minimum absolute atomic E-state index is 0.669. The molecule has 15 heavy (non-hydrogen) atoms. The molecule has 0 saturated heterocycles. The van der Waals surface area contributed by atoms with Gasteiger partial charge in [0.05, 0.1) is 5.01 Å². The van der Waals surface area contributed by atoms with Crippen molar-refractivity contribution in [3.8, 4) is 11.3 Å². The van der Waals surface area contributed by atoms with E-state index in [1.165, 1.54) is 17.8 Å². The number of nitrogen functional groups attached to an aromatic ring is 1. The van der Waals surface area contributed by atoms with Crippen molar-refractivity contribution < 1.29 is 0 Å². The standard InChI is InChI=1S/C11H11N3S/c12-10-9(8-2-1-5-13-6-8)14-11(15-10)7-3-4-7/h1-2,5-7H,3-4,12H2. The average molecular weight is 217 g/mol. The predicted octanol–water partition coefficient (Wildman–Crippen LogP) is 2.66. The summed E-state index contributed by atoms with van der Waals surface area (Å²) in [6.07, 6.45) is 6.09. The van der Waals surface area contributed by atoms with E-state index < -0.39 is 0 Å². The Labute approximate surface area is 92.0 Å². The van der Waals surface area contributed by atoms with E-state index in [4.69, 9.17) is 5.73 Å². The number of thiazole rings is 1. The van der Waals surface area contributed by atoms with Crippen LogP contribution in [0.3, 0.4) is 0 Å². The van der Waals surface area contributed by atoms with Crippen molar-refractivity contribution in [3.05, 3.63) is 29.5 Å². The SMILES string of the molecule is Nc1sc(C2CC2)nc1-c1cccnc1. The van der Waals surface area contributed by atoms with Crippen molar-refractivity contribution in [1.82, 2.24) is 9.97 Å². The zero-order valence-electron chi connectivity index (χ0n) is 8.18. The van der Waals surface area contributed by atoms with E-state index in [1.807, 2.05) is 18.3 Å². The van der Waals surface area contributed by atoms with Gasteiger partial charge in [-0.25, -0.2) is 4.98 Å². The summed E-state index contributed by atoms with van der Waals surface area (Å²) in [5, 5.41) is 2.00. The summed E-state index contributed by atoms with van der Waals surface area (Å²) in [5.74, 6) is 0.669. The first-order chi connectivity index (χ1) is 7.34. The summed E-state index contributed by atoms with van der Waals surface area (Å²) < 4.78 is 0. The quantitative estimate of drug-likeness (QED) is 0.841. The molecule has 0 amide bonds. The van der Waals surface area contributed by atoms with Gasteiger partial charge in [-0.05, 0) is 25.0 Å². The number of nitrogens with zero attached hydrogens (tertiary/aromatic N) is 2. The molecule has 0 aromatic carbocycles. The Balaban J connectivity index is 2.04. The number of pyridine rings is 1. The lowest BCUT2D eigenvalue weighted by Gasteiger charge is -1.95. The maximum absolute atomic E-state index is 5.97. The first-order valence-corrected chi connectivity index (χ1v) is 5.83. The minimum atomic E-state index is 0.669. The number of aromatic nitrogens is 2. The van der Waals surface area contributed by atoms with Crippen molar-refractivity contribution in [2.75, 3.05) is 5.73 Å². The molecular formula is C11H11N3S. The van der Waals surface area contributed by atoms with Crippen molar-refractivity contribution in [2.24, 2.45) is 0 Å². The van der Waals surface area contributed by atoms with Crippen LogP contribution in [-0.2, 0) is 0 Å². The molecule has 1 aliphatic carbocycles. The molecule has 0 atom stereocenters. The molecule has 1 aliphatic rings. The minimum Gasteiger partial charge on any atom is -0.389 e. The molecule has 3 rings (SSSR count). The Kier molecular flexibility index (Phi) is 1.95. The lowest BCUT2D eigenvalue weighted by molar-refractivity contribution is 1.08. The number of anilines is 1. The van der Waals surface area contributed by atoms with Crippen LogP contribution in [0.25, 0.3) is 11.3 Å². The van der Waals surface area contributed by atoms with Gasteiger partial charge >= 0.3 is 0 Å². The highest BCUT2D eigenvalue weighted by atomic mass is 32.1. The largest absolute Gasteiger partial charge is 0.389 e.